The van der Waals surface area contributed by atoms with Crippen molar-refractivity contribution in [3.8, 4) is 0 Å². The molecule has 1 aromatic heterocycles. The number of hydrogen-bond donors (Lipinski definition) is 2. The minimum atomic E-state index is -0.579. The van der Waals surface area contributed by atoms with E-state index in [-0.39, 0.29) is 36.8 Å². The van der Waals surface area contributed by atoms with Gasteiger partial charge in [-0.1, -0.05) is 12.8 Å². The highest BCUT2D eigenvalue weighted by Crippen LogP contribution is 2.24. The lowest BCUT2D eigenvalue weighted by Gasteiger charge is -2.30. The highest BCUT2D eigenvalue weighted by atomic mass is 16.6. The maximum Gasteiger partial charge on any atom is 0.381 e. The van der Waals surface area contributed by atoms with Crippen molar-refractivity contribution in [2.75, 3.05) is 6.61 Å². The second-order valence-corrected chi connectivity index (χ2v) is 5.43. The monoisotopic (exact) mass is 296 g/mol. The summed E-state index contributed by atoms with van der Waals surface area (Å²) in [5.41, 5.74) is 0. The van der Waals surface area contributed by atoms with Gasteiger partial charge in [-0.3, -0.25) is 9.36 Å². The maximum atomic E-state index is 12.1. The molecule has 0 aliphatic heterocycles. The number of carbonyl (C=O) groups excluding carboxylic acids is 1. The molecule has 1 fully saturated rings. The minimum Gasteiger partial charge on any atom is -0.396 e. The van der Waals surface area contributed by atoms with Crippen LogP contribution >= 0.6 is 0 Å². The first-order valence-corrected chi connectivity index (χ1v) is 7.09. The van der Waals surface area contributed by atoms with Crippen LogP contribution in [-0.4, -0.2) is 38.1 Å². The van der Waals surface area contributed by atoms with Crippen LogP contribution < -0.4 is 5.32 Å². The van der Waals surface area contributed by atoms with Gasteiger partial charge in [0.05, 0.1) is 0 Å². The van der Waals surface area contributed by atoms with Gasteiger partial charge in [-0.05, 0) is 22.7 Å². The van der Waals surface area contributed by atoms with Crippen LogP contribution in [0.4, 0.5) is 5.82 Å². The van der Waals surface area contributed by atoms with Gasteiger partial charge in [0.1, 0.15) is 12.7 Å². The van der Waals surface area contributed by atoms with E-state index >= 15 is 0 Å². The zero-order valence-electron chi connectivity index (χ0n) is 12.0. The summed E-state index contributed by atoms with van der Waals surface area (Å²) in [6, 6.07) is -0.0185. The molecule has 0 bridgehead atoms. The minimum absolute atomic E-state index is 0.00131. The Hall–Kier alpha value is -1.96. The van der Waals surface area contributed by atoms with Crippen LogP contribution in [0.1, 0.15) is 31.5 Å². The summed E-state index contributed by atoms with van der Waals surface area (Å²) in [4.78, 5) is 25.9. The van der Waals surface area contributed by atoms with Gasteiger partial charge in [0.15, 0.2) is 0 Å². The third-order valence-corrected chi connectivity index (χ3v) is 3.95. The van der Waals surface area contributed by atoms with Crippen molar-refractivity contribution in [2.45, 2.75) is 45.2 Å². The number of nitro groups is 1. The highest BCUT2D eigenvalue weighted by Gasteiger charge is 2.26. The zero-order chi connectivity index (χ0) is 15.4. The molecule has 1 aromatic rings. The van der Waals surface area contributed by atoms with Gasteiger partial charge in [0.2, 0.25) is 11.7 Å². The van der Waals surface area contributed by atoms with Crippen molar-refractivity contribution >= 4 is 11.7 Å². The number of rotatable bonds is 5. The van der Waals surface area contributed by atoms with Gasteiger partial charge in [0, 0.05) is 25.5 Å². The van der Waals surface area contributed by atoms with E-state index in [1.54, 1.807) is 6.92 Å². The van der Waals surface area contributed by atoms with Gasteiger partial charge in [0.25, 0.3) is 0 Å². The molecule has 2 N–H and O–H groups in total. The van der Waals surface area contributed by atoms with E-state index in [0.717, 1.165) is 25.7 Å². The largest absolute Gasteiger partial charge is 0.396 e. The zero-order valence-corrected chi connectivity index (χ0v) is 12.0. The SMILES string of the molecule is Cc1nc([N+](=O)[O-])cn1CC(=O)NC1CCCCC1CO. The molecule has 0 saturated heterocycles. The molecule has 1 aliphatic rings. The standard InChI is InChI=1S/C13H20N4O4/c1-9-14-12(17(20)21)6-16(9)7-13(19)15-11-5-3-2-4-10(11)8-18/h6,10-11,18H,2-5,7-8H2,1H3,(H,15,19). The Balaban J connectivity index is 1.96. The highest BCUT2D eigenvalue weighted by molar-refractivity contribution is 5.76. The molecule has 2 unspecified atom stereocenters. The fraction of sp³-hybridized carbons (Fsp3) is 0.692. The molecule has 2 atom stereocenters. The molecule has 0 radical (unpaired) electrons. The van der Waals surface area contributed by atoms with Crippen LogP contribution in [0.2, 0.25) is 0 Å². The van der Waals surface area contributed by atoms with Crippen LogP contribution in [0.25, 0.3) is 0 Å². The molecule has 1 amide bonds. The molecular formula is C13H20N4O4. The quantitative estimate of drug-likeness (QED) is 0.616. The Morgan fingerprint density at radius 1 is 1.57 bits per heavy atom. The van der Waals surface area contributed by atoms with Crippen molar-refractivity contribution in [1.29, 1.82) is 0 Å². The Kier molecular flexibility index (Phi) is 4.89. The van der Waals surface area contributed by atoms with Gasteiger partial charge < -0.3 is 20.5 Å². The topological polar surface area (TPSA) is 110 Å². The number of amides is 1. The number of aliphatic hydroxyl groups is 1. The first-order valence-electron chi connectivity index (χ1n) is 7.09. The van der Waals surface area contributed by atoms with Crippen LogP contribution in [0.3, 0.4) is 0 Å². The van der Waals surface area contributed by atoms with Crippen LogP contribution in [0, 0.1) is 23.0 Å². The second kappa shape index (κ2) is 6.66. The van der Waals surface area contributed by atoms with Gasteiger partial charge in [-0.2, -0.15) is 0 Å². The van der Waals surface area contributed by atoms with Gasteiger partial charge >= 0.3 is 5.82 Å². The van der Waals surface area contributed by atoms with Crippen LogP contribution in [0.5, 0.6) is 0 Å². The third-order valence-electron chi connectivity index (χ3n) is 3.95. The fourth-order valence-corrected chi connectivity index (χ4v) is 2.76. The lowest BCUT2D eigenvalue weighted by atomic mass is 9.85. The Labute approximate surface area is 122 Å². The molecule has 0 aromatic carbocycles. The number of aryl methyl sites for hydroxylation is 1. The Morgan fingerprint density at radius 3 is 2.90 bits per heavy atom. The fourth-order valence-electron chi connectivity index (χ4n) is 2.76. The van der Waals surface area contributed by atoms with E-state index in [1.165, 1.54) is 10.8 Å². The van der Waals surface area contributed by atoms with Gasteiger partial charge in [-0.15, -0.1) is 0 Å². The summed E-state index contributed by atoms with van der Waals surface area (Å²) in [6.45, 7) is 1.69. The first kappa shape index (κ1) is 15.4. The smallest absolute Gasteiger partial charge is 0.381 e. The average molecular weight is 296 g/mol. The summed E-state index contributed by atoms with van der Waals surface area (Å²) < 4.78 is 1.46. The molecular weight excluding hydrogens is 276 g/mol. The molecule has 8 nitrogen and oxygen atoms in total. The number of imidazole rings is 1. The predicted molar refractivity (Wildman–Crippen MR) is 74.6 cm³/mol. The van der Waals surface area contributed by atoms with Crippen LogP contribution in [0.15, 0.2) is 6.20 Å². The third kappa shape index (κ3) is 3.78. The molecule has 0 spiro atoms. The van der Waals surface area contributed by atoms with Crippen molar-refractivity contribution in [2.24, 2.45) is 5.92 Å². The lowest BCUT2D eigenvalue weighted by molar-refractivity contribution is -0.389. The predicted octanol–water partition coefficient (Wildman–Crippen LogP) is 0.767. The van der Waals surface area contributed by atoms with Crippen molar-refractivity contribution < 1.29 is 14.8 Å². The number of aromatic nitrogens is 2. The van der Waals surface area contributed by atoms with Crippen molar-refractivity contribution in [3.63, 3.8) is 0 Å². The second-order valence-electron chi connectivity index (χ2n) is 5.43. The lowest BCUT2D eigenvalue weighted by Crippen LogP contribution is -2.44. The first-order chi connectivity index (χ1) is 10.0. The summed E-state index contributed by atoms with van der Waals surface area (Å²) in [6.07, 6.45) is 5.15. The molecule has 8 heteroatoms. The Bertz CT molecular complexity index is 528. The molecule has 116 valence electrons. The number of nitrogens with one attached hydrogen (secondary N) is 1. The van der Waals surface area contributed by atoms with E-state index in [9.17, 15) is 20.0 Å². The van der Waals surface area contributed by atoms with E-state index in [0.29, 0.717) is 5.82 Å². The van der Waals surface area contributed by atoms with E-state index in [2.05, 4.69) is 10.3 Å². The average Bonchev–Trinajstić information content (AvgIpc) is 2.81. The number of carbonyl (C=O) groups is 1. The molecule has 2 rings (SSSR count). The van der Waals surface area contributed by atoms with Crippen molar-refractivity contribution in [1.82, 2.24) is 14.9 Å². The van der Waals surface area contributed by atoms with Crippen LogP contribution in [-0.2, 0) is 11.3 Å². The Morgan fingerprint density at radius 2 is 2.29 bits per heavy atom. The molecule has 1 aliphatic carbocycles. The molecule has 1 saturated carbocycles. The number of nitrogens with zero attached hydrogens (tertiary/aromatic N) is 3. The van der Waals surface area contributed by atoms with Crippen molar-refractivity contribution in [3.05, 3.63) is 22.1 Å². The van der Waals surface area contributed by atoms with E-state index < -0.39 is 4.92 Å². The van der Waals surface area contributed by atoms with E-state index in [4.69, 9.17) is 0 Å². The number of hydrogen-bond acceptors (Lipinski definition) is 5. The maximum absolute atomic E-state index is 12.1. The van der Waals surface area contributed by atoms with E-state index in [1.807, 2.05) is 0 Å². The normalized spacial score (nSPS) is 22.0. The summed E-state index contributed by atoms with van der Waals surface area (Å²) >= 11 is 0. The summed E-state index contributed by atoms with van der Waals surface area (Å²) in [5.74, 6) is 0.0575. The molecule has 1 heterocycles. The summed E-state index contributed by atoms with van der Waals surface area (Å²) in [7, 11) is 0. The summed E-state index contributed by atoms with van der Waals surface area (Å²) in [5, 5.41) is 22.9. The number of aliphatic hydroxyl groups excluding tert-OH is 1. The molecule has 21 heavy (non-hydrogen) atoms. The van der Waals surface area contributed by atoms with Gasteiger partial charge in [-0.25, -0.2) is 0 Å².